The van der Waals surface area contributed by atoms with Gasteiger partial charge in [0.05, 0.1) is 27.2 Å². The molecule has 1 N–H and O–H groups in total. The molecule has 1 aromatic carbocycles. The molecule has 0 atom stereocenters. The van der Waals surface area contributed by atoms with Gasteiger partial charge >= 0.3 is 0 Å². The molecule has 0 unspecified atom stereocenters. The quantitative estimate of drug-likeness (QED) is 0.773. The summed E-state index contributed by atoms with van der Waals surface area (Å²) in [5, 5.41) is 6.86. The van der Waals surface area contributed by atoms with Crippen molar-refractivity contribution in [3.05, 3.63) is 35.7 Å². The van der Waals surface area contributed by atoms with Crippen LogP contribution in [-0.2, 0) is 21.1 Å². The van der Waals surface area contributed by atoms with E-state index in [0.29, 0.717) is 26.8 Å². The van der Waals surface area contributed by atoms with Gasteiger partial charge < -0.3 is 9.84 Å². The first-order valence-electron chi connectivity index (χ1n) is 6.64. The third-order valence-corrected chi connectivity index (χ3v) is 5.10. The van der Waals surface area contributed by atoms with Crippen LogP contribution in [0.15, 0.2) is 33.7 Å². The summed E-state index contributed by atoms with van der Waals surface area (Å²) in [6, 6.07) is 6.37. The predicted octanol–water partition coefficient (Wildman–Crippen LogP) is 2.18. The van der Waals surface area contributed by atoms with Gasteiger partial charge in [0.15, 0.2) is 15.0 Å². The van der Waals surface area contributed by atoms with Gasteiger partial charge in [-0.3, -0.25) is 4.79 Å². The smallest absolute Gasteiger partial charge is 0.232 e. The molecule has 0 bridgehead atoms. The van der Waals surface area contributed by atoms with E-state index in [4.69, 9.17) is 4.52 Å². The molecular formula is C14H13N3O4S2. The topological polar surface area (TPSA) is 102 Å². The number of carbonyl (C=O) groups is 1. The van der Waals surface area contributed by atoms with E-state index in [1.54, 1.807) is 25.1 Å². The van der Waals surface area contributed by atoms with Crippen LogP contribution in [0.1, 0.15) is 11.5 Å². The number of hydrogen-bond donors (Lipinski definition) is 1. The molecule has 3 rings (SSSR count). The molecule has 7 nitrogen and oxygen atoms in total. The first kappa shape index (κ1) is 15.6. The van der Waals surface area contributed by atoms with E-state index in [0.717, 1.165) is 6.26 Å². The molecule has 0 aliphatic rings. The van der Waals surface area contributed by atoms with E-state index < -0.39 is 9.84 Å². The Hall–Kier alpha value is -2.26. The van der Waals surface area contributed by atoms with Crippen LogP contribution in [0, 0.1) is 6.92 Å². The Kier molecular flexibility index (Phi) is 3.90. The second kappa shape index (κ2) is 5.74. The number of sulfone groups is 1. The van der Waals surface area contributed by atoms with E-state index in [2.05, 4.69) is 15.5 Å². The summed E-state index contributed by atoms with van der Waals surface area (Å²) in [6.07, 6.45) is 1.24. The Bertz CT molecular complexity index is 989. The summed E-state index contributed by atoms with van der Waals surface area (Å²) >= 11 is 1.22. The van der Waals surface area contributed by atoms with Crippen molar-refractivity contribution in [2.24, 2.45) is 0 Å². The first-order chi connectivity index (χ1) is 10.8. The maximum absolute atomic E-state index is 12.0. The van der Waals surface area contributed by atoms with Crippen molar-refractivity contribution in [1.29, 1.82) is 0 Å². The van der Waals surface area contributed by atoms with Crippen molar-refractivity contribution in [3.63, 3.8) is 0 Å². The van der Waals surface area contributed by atoms with Crippen LogP contribution < -0.4 is 5.32 Å². The lowest BCUT2D eigenvalue weighted by Gasteiger charge is -1.97. The molecule has 120 valence electrons. The minimum atomic E-state index is -3.27. The lowest BCUT2D eigenvalue weighted by Crippen LogP contribution is -2.14. The first-order valence-corrected chi connectivity index (χ1v) is 9.35. The zero-order valence-electron chi connectivity index (χ0n) is 12.4. The second-order valence-electron chi connectivity index (χ2n) is 5.07. The van der Waals surface area contributed by atoms with Crippen molar-refractivity contribution >= 4 is 42.4 Å². The molecule has 0 radical (unpaired) electrons. The van der Waals surface area contributed by atoms with E-state index in [1.165, 1.54) is 17.4 Å². The number of fused-ring (bicyclic) bond motifs is 1. The minimum Gasteiger partial charge on any atom is -0.361 e. The number of thiazole rings is 1. The zero-order valence-corrected chi connectivity index (χ0v) is 14.0. The monoisotopic (exact) mass is 351 g/mol. The van der Waals surface area contributed by atoms with Crippen molar-refractivity contribution in [3.8, 4) is 0 Å². The number of aromatic nitrogens is 2. The van der Waals surface area contributed by atoms with Gasteiger partial charge in [-0.15, -0.1) is 0 Å². The molecule has 9 heteroatoms. The number of rotatable bonds is 4. The Morgan fingerprint density at radius 3 is 2.78 bits per heavy atom. The fourth-order valence-corrected chi connectivity index (χ4v) is 3.66. The van der Waals surface area contributed by atoms with Gasteiger partial charge in [-0.05, 0) is 25.1 Å². The number of hydrogen-bond acceptors (Lipinski definition) is 7. The van der Waals surface area contributed by atoms with Gasteiger partial charge in [-0.25, -0.2) is 13.4 Å². The molecule has 1 amide bonds. The highest BCUT2D eigenvalue weighted by Gasteiger charge is 2.13. The molecule has 23 heavy (non-hydrogen) atoms. The van der Waals surface area contributed by atoms with Gasteiger partial charge in [-0.2, -0.15) is 0 Å². The lowest BCUT2D eigenvalue weighted by molar-refractivity contribution is -0.115. The van der Waals surface area contributed by atoms with Gasteiger partial charge in [0.2, 0.25) is 5.91 Å². The molecule has 0 aliphatic heterocycles. The summed E-state index contributed by atoms with van der Waals surface area (Å²) in [7, 11) is -3.27. The summed E-state index contributed by atoms with van der Waals surface area (Å²) in [6.45, 7) is 1.75. The van der Waals surface area contributed by atoms with Gasteiger partial charge in [-0.1, -0.05) is 16.5 Å². The standard InChI is InChI=1S/C14H13N3O4S2/c1-8-5-9(17-21-8)6-13(18)16-14-15-11-4-3-10(23(2,19)20)7-12(11)22-14/h3-5,7H,6H2,1-2H3,(H,15,16,18). The lowest BCUT2D eigenvalue weighted by atomic mass is 10.3. The molecule has 0 spiro atoms. The Labute approximate surface area is 136 Å². The fraction of sp³-hybridized carbons (Fsp3) is 0.214. The van der Waals surface area contributed by atoms with E-state index >= 15 is 0 Å². The molecule has 2 heterocycles. The summed E-state index contributed by atoms with van der Waals surface area (Å²) < 4.78 is 28.7. The molecular weight excluding hydrogens is 338 g/mol. The van der Waals surface area contributed by atoms with Crippen LogP contribution in [0.3, 0.4) is 0 Å². The van der Waals surface area contributed by atoms with Gasteiger partial charge in [0.25, 0.3) is 0 Å². The molecule has 3 aromatic rings. The van der Waals surface area contributed by atoms with Gasteiger partial charge in [0.1, 0.15) is 5.76 Å². The summed E-state index contributed by atoms with van der Waals surface area (Å²) in [4.78, 5) is 16.5. The number of nitrogens with one attached hydrogen (secondary N) is 1. The van der Waals surface area contributed by atoms with Crippen molar-refractivity contribution in [1.82, 2.24) is 10.1 Å². The maximum atomic E-state index is 12.0. The number of amides is 1. The van der Waals surface area contributed by atoms with E-state index in [9.17, 15) is 13.2 Å². The van der Waals surface area contributed by atoms with Gasteiger partial charge in [0, 0.05) is 12.3 Å². The van der Waals surface area contributed by atoms with Crippen LogP contribution in [0.4, 0.5) is 5.13 Å². The van der Waals surface area contributed by atoms with Crippen LogP contribution in [0.25, 0.3) is 10.2 Å². The zero-order chi connectivity index (χ0) is 16.6. The van der Waals surface area contributed by atoms with Crippen LogP contribution in [0.5, 0.6) is 0 Å². The third-order valence-electron chi connectivity index (χ3n) is 3.05. The second-order valence-corrected chi connectivity index (χ2v) is 8.12. The highest BCUT2D eigenvalue weighted by Crippen LogP contribution is 2.28. The predicted molar refractivity (Wildman–Crippen MR) is 86.3 cm³/mol. The molecule has 0 saturated carbocycles. The van der Waals surface area contributed by atoms with E-state index in [-0.39, 0.29) is 17.2 Å². The number of benzene rings is 1. The Morgan fingerprint density at radius 1 is 1.35 bits per heavy atom. The van der Waals surface area contributed by atoms with Crippen LogP contribution >= 0.6 is 11.3 Å². The maximum Gasteiger partial charge on any atom is 0.232 e. The molecule has 2 aromatic heterocycles. The third kappa shape index (κ3) is 3.57. The Balaban J connectivity index is 1.79. The minimum absolute atomic E-state index is 0.0852. The number of nitrogens with zero attached hydrogens (tertiary/aromatic N) is 2. The molecule has 0 aliphatic carbocycles. The summed E-state index contributed by atoms with van der Waals surface area (Å²) in [5.41, 5.74) is 1.18. The highest BCUT2D eigenvalue weighted by molar-refractivity contribution is 7.90. The largest absolute Gasteiger partial charge is 0.361 e. The molecule has 0 saturated heterocycles. The van der Waals surface area contributed by atoms with Crippen LogP contribution in [-0.4, -0.2) is 30.7 Å². The van der Waals surface area contributed by atoms with Crippen molar-refractivity contribution in [2.45, 2.75) is 18.2 Å². The fourth-order valence-electron chi connectivity index (χ4n) is 2.02. The summed E-state index contributed by atoms with van der Waals surface area (Å²) in [5.74, 6) is 0.377. The average Bonchev–Trinajstić information content (AvgIpc) is 3.02. The molecule has 0 fully saturated rings. The van der Waals surface area contributed by atoms with Crippen molar-refractivity contribution in [2.75, 3.05) is 11.6 Å². The number of aryl methyl sites for hydroxylation is 1. The number of carbonyl (C=O) groups excluding carboxylic acids is 1. The highest BCUT2D eigenvalue weighted by atomic mass is 32.2. The SMILES string of the molecule is Cc1cc(CC(=O)Nc2nc3ccc(S(C)(=O)=O)cc3s2)no1. The van der Waals surface area contributed by atoms with Crippen molar-refractivity contribution < 1.29 is 17.7 Å². The normalized spacial score (nSPS) is 11.7. The van der Waals surface area contributed by atoms with E-state index in [1.807, 2.05) is 0 Å². The number of anilines is 1. The van der Waals surface area contributed by atoms with Crippen LogP contribution in [0.2, 0.25) is 0 Å². The Morgan fingerprint density at radius 2 is 2.13 bits per heavy atom. The average molecular weight is 351 g/mol.